The minimum absolute atomic E-state index is 0.121. The second kappa shape index (κ2) is 6.11. The first-order valence-corrected chi connectivity index (χ1v) is 3.59. The second-order valence-electron chi connectivity index (χ2n) is 2.15. The van der Waals surface area contributed by atoms with Crippen LogP contribution in [0.3, 0.4) is 0 Å². The van der Waals surface area contributed by atoms with E-state index in [1.165, 1.54) is 6.92 Å². The Morgan fingerprint density at radius 3 is 2.00 bits per heavy atom. The molecule has 2 heteroatoms. The minimum atomic E-state index is 0.121. The van der Waals surface area contributed by atoms with Crippen molar-refractivity contribution in [3.05, 3.63) is 35.9 Å². The summed E-state index contributed by atoms with van der Waals surface area (Å²) in [5.41, 5.74) is 0.775. The second-order valence-corrected chi connectivity index (χ2v) is 2.15. The van der Waals surface area contributed by atoms with Crippen molar-refractivity contribution in [2.24, 2.45) is 0 Å². The Kier molecular flexibility index (Phi) is 5.29. The number of hydrogen-bond donors (Lipinski definition) is 0. The number of nitrogens with zero attached hydrogens (tertiary/aromatic N) is 1. The molecule has 1 rings (SSSR count). The SMILES string of the molecule is CC#N.CC(=O)c1ccccc1. The van der Waals surface area contributed by atoms with Gasteiger partial charge in [-0.2, -0.15) is 5.26 Å². The molecule has 0 bridgehead atoms. The van der Waals surface area contributed by atoms with Crippen molar-refractivity contribution in [1.29, 1.82) is 5.26 Å². The van der Waals surface area contributed by atoms with Crippen LogP contribution < -0.4 is 0 Å². The summed E-state index contributed by atoms with van der Waals surface area (Å²) in [5.74, 6) is 0.121. The molecule has 0 amide bonds. The van der Waals surface area contributed by atoms with Crippen molar-refractivity contribution in [3.63, 3.8) is 0 Å². The molecule has 1 aromatic carbocycles. The first kappa shape index (κ1) is 10.4. The first-order chi connectivity index (χ1) is 5.72. The fourth-order valence-electron chi connectivity index (χ4n) is 0.673. The van der Waals surface area contributed by atoms with Gasteiger partial charge < -0.3 is 0 Å². The van der Waals surface area contributed by atoms with Crippen LogP contribution in [0.25, 0.3) is 0 Å². The number of rotatable bonds is 1. The van der Waals surface area contributed by atoms with E-state index in [0.717, 1.165) is 5.56 Å². The largest absolute Gasteiger partial charge is 0.295 e. The highest BCUT2D eigenvalue weighted by Gasteiger charge is 1.92. The number of Topliss-reactive ketones (excluding diaryl/α,β-unsaturated/α-hetero) is 1. The molecule has 0 unspecified atom stereocenters. The predicted molar refractivity (Wildman–Crippen MR) is 47.7 cm³/mol. The molecule has 62 valence electrons. The van der Waals surface area contributed by atoms with Gasteiger partial charge in [0, 0.05) is 12.5 Å². The van der Waals surface area contributed by atoms with Crippen LogP contribution in [0.15, 0.2) is 30.3 Å². The van der Waals surface area contributed by atoms with Crippen LogP contribution in [0.2, 0.25) is 0 Å². The van der Waals surface area contributed by atoms with Crippen molar-refractivity contribution in [3.8, 4) is 6.07 Å². The fraction of sp³-hybridized carbons (Fsp3) is 0.200. The summed E-state index contributed by atoms with van der Waals surface area (Å²) >= 11 is 0. The molecular formula is C10H11NO. The molecular weight excluding hydrogens is 150 g/mol. The van der Waals surface area contributed by atoms with Crippen LogP contribution in [-0.2, 0) is 0 Å². The molecule has 12 heavy (non-hydrogen) atoms. The lowest BCUT2D eigenvalue weighted by atomic mass is 10.2. The van der Waals surface area contributed by atoms with Crippen LogP contribution in [0.5, 0.6) is 0 Å². The van der Waals surface area contributed by atoms with E-state index in [1.807, 2.05) is 30.3 Å². The normalized spacial score (nSPS) is 7.42. The van der Waals surface area contributed by atoms with Crippen LogP contribution in [0.1, 0.15) is 24.2 Å². The van der Waals surface area contributed by atoms with E-state index >= 15 is 0 Å². The number of ketones is 1. The van der Waals surface area contributed by atoms with Crippen molar-refractivity contribution >= 4 is 5.78 Å². The number of carbonyl (C=O) groups excluding carboxylic acids is 1. The number of benzene rings is 1. The summed E-state index contributed by atoms with van der Waals surface area (Å²) in [4.78, 5) is 10.6. The van der Waals surface area contributed by atoms with Crippen molar-refractivity contribution in [1.82, 2.24) is 0 Å². The van der Waals surface area contributed by atoms with Gasteiger partial charge in [0.25, 0.3) is 0 Å². The third kappa shape index (κ3) is 4.24. The first-order valence-electron chi connectivity index (χ1n) is 3.59. The van der Waals surface area contributed by atoms with Crippen LogP contribution >= 0.6 is 0 Å². The predicted octanol–water partition coefficient (Wildman–Crippen LogP) is 2.42. The average molecular weight is 161 g/mol. The van der Waals surface area contributed by atoms with Gasteiger partial charge in [0.05, 0.1) is 6.07 Å². The summed E-state index contributed by atoms with van der Waals surface area (Å²) < 4.78 is 0. The molecule has 0 saturated carbocycles. The molecule has 0 aliphatic heterocycles. The average Bonchev–Trinajstić information content (AvgIpc) is 2.07. The lowest BCUT2D eigenvalue weighted by molar-refractivity contribution is 0.101. The zero-order valence-corrected chi connectivity index (χ0v) is 7.24. The van der Waals surface area contributed by atoms with E-state index in [9.17, 15) is 4.79 Å². The van der Waals surface area contributed by atoms with Crippen LogP contribution in [0, 0.1) is 11.3 Å². The number of nitriles is 1. The highest BCUT2D eigenvalue weighted by molar-refractivity contribution is 5.93. The Bertz CT molecular complexity index is 272. The molecule has 0 spiro atoms. The zero-order chi connectivity index (χ0) is 9.40. The lowest BCUT2D eigenvalue weighted by Gasteiger charge is -1.89. The molecule has 0 N–H and O–H groups in total. The smallest absolute Gasteiger partial charge is 0.159 e. The zero-order valence-electron chi connectivity index (χ0n) is 7.24. The summed E-state index contributed by atoms with van der Waals surface area (Å²) in [6, 6.07) is 11.0. The lowest BCUT2D eigenvalue weighted by Crippen LogP contribution is -1.88. The molecule has 0 saturated heterocycles. The summed E-state index contributed by atoms with van der Waals surface area (Å²) in [5, 5.41) is 7.32. The Labute approximate surface area is 72.5 Å². The topological polar surface area (TPSA) is 40.9 Å². The van der Waals surface area contributed by atoms with Gasteiger partial charge in [0.2, 0.25) is 0 Å². The summed E-state index contributed by atoms with van der Waals surface area (Å²) in [6.07, 6.45) is 0. The molecule has 0 fully saturated rings. The van der Waals surface area contributed by atoms with E-state index in [1.54, 1.807) is 13.0 Å². The Balaban J connectivity index is 0.000000354. The molecule has 0 heterocycles. The maximum Gasteiger partial charge on any atom is 0.159 e. The molecule has 0 aliphatic rings. The molecule has 0 radical (unpaired) electrons. The monoisotopic (exact) mass is 161 g/mol. The Hall–Kier alpha value is -1.62. The van der Waals surface area contributed by atoms with Gasteiger partial charge in [-0.1, -0.05) is 30.3 Å². The number of hydrogen-bond acceptors (Lipinski definition) is 2. The van der Waals surface area contributed by atoms with Gasteiger partial charge in [0.1, 0.15) is 0 Å². The number of carbonyl (C=O) groups is 1. The molecule has 1 aromatic rings. The van der Waals surface area contributed by atoms with E-state index in [2.05, 4.69) is 0 Å². The quantitative estimate of drug-likeness (QED) is 0.593. The van der Waals surface area contributed by atoms with Crippen LogP contribution in [-0.4, -0.2) is 5.78 Å². The molecule has 0 aromatic heterocycles. The van der Waals surface area contributed by atoms with Crippen molar-refractivity contribution in [2.75, 3.05) is 0 Å². The Morgan fingerprint density at radius 2 is 1.75 bits per heavy atom. The van der Waals surface area contributed by atoms with E-state index < -0.39 is 0 Å². The summed E-state index contributed by atoms with van der Waals surface area (Å²) in [7, 11) is 0. The van der Waals surface area contributed by atoms with E-state index in [-0.39, 0.29) is 5.78 Å². The summed E-state index contributed by atoms with van der Waals surface area (Å²) in [6.45, 7) is 3.00. The fourth-order valence-corrected chi connectivity index (χ4v) is 0.673. The van der Waals surface area contributed by atoms with Crippen molar-refractivity contribution < 1.29 is 4.79 Å². The third-order valence-electron chi connectivity index (χ3n) is 1.18. The van der Waals surface area contributed by atoms with Gasteiger partial charge >= 0.3 is 0 Å². The maximum absolute atomic E-state index is 10.6. The van der Waals surface area contributed by atoms with Crippen LogP contribution in [0.4, 0.5) is 0 Å². The van der Waals surface area contributed by atoms with Gasteiger partial charge in [-0.15, -0.1) is 0 Å². The molecule has 0 atom stereocenters. The standard InChI is InChI=1S/C8H8O.C2H3N/c1-7(9)8-5-3-2-4-6-8;1-2-3/h2-6H,1H3;1H3. The molecule has 0 aliphatic carbocycles. The van der Waals surface area contributed by atoms with Gasteiger partial charge in [-0.3, -0.25) is 4.79 Å². The van der Waals surface area contributed by atoms with Gasteiger partial charge in [-0.05, 0) is 6.92 Å². The maximum atomic E-state index is 10.6. The highest BCUT2D eigenvalue weighted by atomic mass is 16.1. The van der Waals surface area contributed by atoms with Gasteiger partial charge in [-0.25, -0.2) is 0 Å². The van der Waals surface area contributed by atoms with E-state index in [4.69, 9.17) is 5.26 Å². The van der Waals surface area contributed by atoms with E-state index in [0.29, 0.717) is 0 Å². The minimum Gasteiger partial charge on any atom is -0.295 e. The third-order valence-corrected chi connectivity index (χ3v) is 1.18. The van der Waals surface area contributed by atoms with Gasteiger partial charge in [0.15, 0.2) is 5.78 Å². The van der Waals surface area contributed by atoms with Crippen molar-refractivity contribution in [2.45, 2.75) is 13.8 Å². The Morgan fingerprint density at radius 1 is 1.33 bits per heavy atom. The highest BCUT2D eigenvalue weighted by Crippen LogP contribution is 1.97. The molecule has 2 nitrogen and oxygen atoms in total.